The molecule has 2 aliphatic rings. The SMILES string of the molecule is c1cc(CC2=NCCO2)c(CC2=NCCO2)[nH]1. The van der Waals surface area contributed by atoms with E-state index in [4.69, 9.17) is 9.47 Å². The highest BCUT2D eigenvalue weighted by Crippen LogP contribution is 2.13. The summed E-state index contributed by atoms with van der Waals surface area (Å²) in [6.45, 7) is 2.98. The first-order chi connectivity index (χ1) is 8.42. The summed E-state index contributed by atoms with van der Waals surface area (Å²) >= 11 is 0. The largest absolute Gasteiger partial charge is 0.479 e. The summed E-state index contributed by atoms with van der Waals surface area (Å²) in [5.41, 5.74) is 2.35. The third-order valence-corrected chi connectivity index (χ3v) is 2.90. The summed E-state index contributed by atoms with van der Waals surface area (Å²) in [4.78, 5) is 11.8. The van der Waals surface area contributed by atoms with E-state index in [1.807, 2.05) is 6.20 Å². The number of aromatic nitrogens is 1. The molecule has 0 bridgehead atoms. The number of hydrogen-bond acceptors (Lipinski definition) is 4. The van der Waals surface area contributed by atoms with Crippen LogP contribution in [-0.4, -0.2) is 43.1 Å². The molecule has 2 aliphatic heterocycles. The van der Waals surface area contributed by atoms with Crippen molar-refractivity contribution in [2.45, 2.75) is 12.8 Å². The molecule has 0 aliphatic carbocycles. The predicted molar refractivity (Wildman–Crippen MR) is 64.7 cm³/mol. The summed E-state index contributed by atoms with van der Waals surface area (Å²) in [7, 11) is 0. The fraction of sp³-hybridized carbons (Fsp3) is 0.500. The van der Waals surface area contributed by atoms with E-state index in [9.17, 15) is 0 Å². The maximum Gasteiger partial charge on any atom is 0.189 e. The van der Waals surface area contributed by atoms with E-state index in [1.165, 1.54) is 5.56 Å². The zero-order valence-corrected chi connectivity index (χ0v) is 9.61. The molecule has 1 N–H and O–H groups in total. The lowest BCUT2D eigenvalue weighted by molar-refractivity contribution is 0.339. The quantitative estimate of drug-likeness (QED) is 0.842. The van der Waals surface area contributed by atoms with Gasteiger partial charge in [-0.25, -0.2) is 0 Å². The predicted octanol–water partition coefficient (Wildman–Crippen LogP) is 0.957. The van der Waals surface area contributed by atoms with Gasteiger partial charge in [0.25, 0.3) is 0 Å². The molecule has 0 amide bonds. The Morgan fingerprint density at radius 3 is 2.41 bits per heavy atom. The van der Waals surface area contributed by atoms with Crippen molar-refractivity contribution in [1.29, 1.82) is 0 Å². The number of hydrogen-bond donors (Lipinski definition) is 1. The number of aromatic amines is 1. The molecule has 5 heteroatoms. The molecular formula is C12H15N3O2. The molecular weight excluding hydrogens is 218 g/mol. The van der Waals surface area contributed by atoms with E-state index < -0.39 is 0 Å². The second-order valence-electron chi connectivity index (χ2n) is 4.08. The molecule has 17 heavy (non-hydrogen) atoms. The zero-order chi connectivity index (χ0) is 11.5. The van der Waals surface area contributed by atoms with Gasteiger partial charge in [0.1, 0.15) is 13.2 Å². The Morgan fingerprint density at radius 2 is 1.76 bits per heavy atom. The fourth-order valence-electron chi connectivity index (χ4n) is 2.05. The maximum absolute atomic E-state index is 5.43. The number of nitrogens with zero attached hydrogens (tertiary/aromatic N) is 2. The lowest BCUT2D eigenvalue weighted by Crippen LogP contribution is -2.09. The minimum atomic E-state index is 0.710. The van der Waals surface area contributed by atoms with Crippen LogP contribution in [-0.2, 0) is 22.3 Å². The molecule has 5 nitrogen and oxygen atoms in total. The Bertz CT molecular complexity index is 422. The minimum absolute atomic E-state index is 0.710. The van der Waals surface area contributed by atoms with Gasteiger partial charge in [0.05, 0.1) is 25.9 Å². The van der Waals surface area contributed by atoms with Gasteiger partial charge in [-0.05, 0) is 11.6 Å². The zero-order valence-electron chi connectivity index (χ0n) is 9.61. The summed E-state index contributed by atoms with van der Waals surface area (Å²) in [6, 6.07) is 2.06. The Hall–Kier alpha value is -1.78. The first kappa shape index (κ1) is 10.4. The van der Waals surface area contributed by atoms with Crippen LogP contribution in [0.15, 0.2) is 22.2 Å². The Balaban J connectivity index is 1.70. The third-order valence-electron chi connectivity index (χ3n) is 2.90. The maximum atomic E-state index is 5.43. The summed E-state index contributed by atoms with van der Waals surface area (Å²) in [5, 5.41) is 0. The van der Waals surface area contributed by atoms with Crippen molar-refractivity contribution in [2.24, 2.45) is 9.98 Å². The van der Waals surface area contributed by atoms with E-state index in [2.05, 4.69) is 21.0 Å². The van der Waals surface area contributed by atoms with Crippen LogP contribution in [0.4, 0.5) is 0 Å². The molecule has 3 rings (SSSR count). The van der Waals surface area contributed by atoms with Crippen molar-refractivity contribution in [2.75, 3.05) is 26.3 Å². The van der Waals surface area contributed by atoms with Gasteiger partial charge in [-0.3, -0.25) is 9.98 Å². The first-order valence-corrected chi connectivity index (χ1v) is 5.89. The molecule has 0 radical (unpaired) electrons. The standard InChI is InChI=1S/C12H15N3O2/c1-2-13-10(8-12-15-4-6-17-12)9(1)7-11-14-3-5-16-11/h1-2,13H,3-8H2. The third kappa shape index (κ3) is 2.33. The highest BCUT2D eigenvalue weighted by atomic mass is 16.5. The Morgan fingerprint density at radius 1 is 1.06 bits per heavy atom. The normalized spacial score (nSPS) is 18.6. The first-order valence-electron chi connectivity index (χ1n) is 5.89. The van der Waals surface area contributed by atoms with Crippen LogP contribution in [0.25, 0.3) is 0 Å². The van der Waals surface area contributed by atoms with Crippen molar-refractivity contribution < 1.29 is 9.47 Å². The second kappa shape index (κ2) is 4.61. The molecule has 0 saturated carbocycles. The van der Waals surface area contributed by atoms with Crippen molar-refractivity contribution in [1.82, 2.24) is 4.98 Å². The number of rotatable bonds is 4. The van der Waals surface area contributed by atoms with Crippen LogP contribution in [0.1, 0.15) is 11.3 Å². The minimum Gasteiger partial charge on any atom is -0.479 e. The molecule has 1 aromatic rings. The van der Waals surface area contributed by atoms with Gasteiger partial charge < -0.3 is 14.5 Å². The van der Waals surface area contributed by atoms with Crippen LogP contribution in [0, 0.1) is 0 Å². The van der Waals surface area contributed by atoms with Crippen LogP contribution in [0.5, 0.6) is 0 Å². The van der Waals surface area contributed by atoms with E-state index >= 15 is 0 Å². The van der Waals surface area contributed by atoms with Crippen LogP contribution < -0.4 is 0 Å². The van der Waals surface area contributed by atoms with Gasteiger partial charge in [0.2, 0.25) is 0 Å². The number of ether oxygens (including phenoxy) is 2. The van der Waals surface area contributed by atoms with Gasteiger partial charge in [0, 0.05) is 11.9 Å². The molecule has 0 saturated heterocycles. The second-order valence-corrected chi connectivity index (χ2v) is 4.08. The fourth-order valence-corrected chi connectivity index (χ4v) is 2.05. The van der Waals surface area contributed by atoms with Crippen LogP contribution in [0.2, 0.25) is 0 Å². The van der Waals surface area contributed by atoms with Gasteiger partial charge in [-0.15, -0.1) is 0 Å². The highest BCUT2D eigenvalue weighted by Gasteiger charge is 2.15. The average molecular weight is 233 g/mol. The molecule has 0 aromatic carbocycles. The van der Waals surface area contributed by atoms with Crippen molar-refractivity contribution in [3.63, 3.8) is 0 Å². The molecule has 90 valence electrons. The van der Waals surface area contributed by atoms with Gasteiger partial charge in [-0.2, -0.15) is 0 Å². The topological polar surface area (TPSA) is 59.0 Å². The van der Waals surface area contributed by atoms with E-state index in [0.717, 1.165) is 43.4 Å². The van der Waals surface area contributed by atoms with E-state index in [1.54, 1.807) is 0 Å². The van der Waals surface area contributed by atoms with Crippen molar-refractivity contribution in [3.05, 3.63) is 23.5 Å². The molecule has 3 heterocycles. The molecule has 0 fully saturated rings. The Labute approximate surface area is 99.6 Å². The van der Waals surface area contributed by atoms with Crippen LogP contribution >= 0.6 is 0 Å². The average Bonchev–Trinajstić information content (AvgIpc) is 3.04. The molecule has 0 spiro atoms. The lowest BCUT2D eigenvalue weighted by Gasteiger charge is -2.05. The van der Waals surface area contributed by atoms with Crippen molar-refractivity contribution >= 4 is 11.8 Å². The Kier molecular flexibility index (Phi) is 2.81. The summed E-state index contributed by atoms with van der Waals surface area (Å²) < 4.78 is 10.8. The number of H-pyrrole nitrogens is 1. The van der Waals surface area contributed by atoms with Crippen LogP contribution in [0.3, 0.4) is 0 Å². The van der Waals surface area contributed by atoms with E-state index in [-0.39, 0.29) is 0 Å². The summed E-state index contributed by atoms with van der Waals surface area (Å²) in [6.07, 6.45) is 3.43. The molecule has 0 unspecified atom stereocenters. The number of nitrogens with one attached hydrogen (secondary N) is 1. The highest BCUT2D eigenvalue weighted by molar-refractivity contribution is 5.82. The van der Waals surface area contributed by atoms with Gasteiger partial charge in [0.15, 0.2) is 11.8 Å². The molecule has 0 atom stereocenters. The number of aliphatic imine (C=N–C) groups is 2. The smallest absolute Gasteiger partial charge is 0.189 e. The monoisotopic (exact) mass is 233 g/mol. The molecule has 1 aromatic heterocycles. The summed E-state index contributed by atoms with van der Waals surface area (Å²) in [5.74, 6) is 1.66. The lowest BCUT2D eigenvalue weighted by atomic mass is 10.1. The van der Waals surface area contributed by atoms with Gasteiger partial charge in [-0.1, -0.05) is 0 Å². The van der Waals surface area contributed by atoms with Crippen molar-refractivity contribution in [3.8, 4) is 0 Å². The van der Waals surface area contributed by atoms with Gasteiger partial charge >= 0.3 is 0 Å². The van der Waals surface area contributed by atoms with E-state index in [0.29, 0.717) is 13.2 Å².